The molecule has 2 nitrogen and oxygen atoms in total. The molecule has 1 aromatic carbocycles. The van der Waals surface area contributed by atoms with Crippen molar-refractivity contribution < 1.29 is 17.9 Å². The first-order valence-corrected chi connectivity index (χ1v) is 5.83. The van der Waals surface area contributed by atoms with Gasteiger partial charge in [0.1, 0.15) is 0 Å². The van der Waals surface area contributed by atoms with Gasteiger partial charge in [0.2, 0.25) is 0 Å². The van der Waals surface area contributed by atoms with E-state index in [1.807, 2.05) is 17.0 Å². The summed E-state index contributed by atoms with van der Waals surface area (Å²) in [5, 5.41) is 0. The van der Waals surface area contributed by atoms with Crippen molar-refractivity contribution in [1.82, 2.24) is 4.57 Å². The molecule has 0 saturated heterocycles. The van der Waals surface area contributed by atoms with Crippen LogP contribution in [0.5, 0.6) is 0 Å². The average Bonchev–Trinajstić information content (AvgIpc) is 2.84. The van der Waals surface area contributed by atoms with Gasteiger partial charge in [-0.3, -0.25) is 0 Å². The lowest BCUT2D eigenvalue weighted by Crippen LogP contribution is -2.04. The molecule has 1 heterocycles. The van der Waals surface area contributed by atoms with E-state index >= 15 is 0 Å². The van der Waals surface area contributed by atoms with Crippen molar-refractivity contribution in [2.45, 2.75) is 12.7 Å². The summed E-state index contributed by atoms with van der Waals surface area (Å²) in [6, 6.07) is 7.13. The molecule has 0 saturated carbocycles. The molecule has 0 spiro atoms. The molecule has 19 heavy (non-hydrogen) atoms. The molecule has 0 fully saturated rings. The lowest BCUT2D eigenvalue weighted by Gasteiger charge is -2.07. The third-order valence-electron chi connectivity index (χ3n) is 2.83. The second kappa shape index (κ2) is 5.48. The highest BCUT2D eigenvalue weighted by atomic mass is 19.4. The van der Waals surface area contributed by atoms with E-state index in [0.717, 1.165) is 17.7 Å². The zero-order valence-electron chi connectivity index (χ0n) is 10.4. The molecular weight excluding hydrogens is 255 g/mol. The van der Waals surface area contributed by atoms with Gasteiger partial charge in [-0.05, 0) is 29.3 Å². The lowest BCUT2D eigenvalue weighted by molar-refractivity contribution is -0.137. The van der Waals surface area contributed by atoms with Crippen molar-refractivity contribution in [2.75, 3.05) is 13.7 Å². The summed E-state index contributed by atoms with van der Waals surface area (Å²) in [5.41, 5.74) is 0.697. The van der Waals surface area contributed by atoms with Crippen LogP contribution in [0.3, 0.4) is 0 Å². The van der Waals surface area contributed by atoms with E-state index in [-0.39, 0.29) is 0 Å². The van der Waals surface area contributed by atoms with Crippen molar-refractivity contribution in [3.05, 3.63) is 48.3 Å². The van der Waals surface area contributed by atoms with Gasteiger partial charge in [0, 0.05) is 26.0 Å². The molecule has 0 aliphatic heterocycles. The van der Waals surface area contributed by atoms with Crippen molar-refractivity contribution in [3.8, 4) is 11.1 Å². The molecule has 2 aromatic rings. The summed E-state index contributed by atoms with van der Waals surface area (Å²) in [6.07, 6.45) is -0.669. The van der Waals surface area contributed by atoms with Crippen molar-refractivity contribution >= 4 is 0 Å². The quantitative estimate of drug-likeness (QED) is 0.823. The number of hydrogen-bond donors (Lipinski definition) is 0. The van der Waals surface area contributed by atoms with Crippen LogP contribution in [0.15, 0.2) is 42.7 Å². The summed E-state index contributed by atoms with van der Waals surface area (Å²) in [7, 11) is 1.61. The van der Waals surface area contributed by atoms with Crippen LogP contribution in [-0.4, -0.2) is 18.3 Å². The fourth-order valence-electron chi connectivity index (χ4n) is 1.82. The van der Waals surface area contributed by atoms with Gasteiger partial charge in [-0.15, -0.1) is 0 Å². The number of methoxy groups -OCH3 is 1. The average molecular weight is 269 g/mol. The van der Waals surface area contributed by atoms with Crippen LogP contribution in [0.4, 0.5) is 13.2 Å². The summed E-state index contributed by atoms with van der Waals surface area (Å²) < 4.78 is 44.7. The largest absolute Gasteiger partial charge is 0.416 e. The maximum absolute atomic E-state index is 12.6. The smallest absolute Gasteiger partial charge is 0.383 e. The first-order chi connectivity index (χ1) is 9.00. The maximum atomic E-state index is 12.6. The van der Waals surface area contributed by atoms with E-state index in [9.17, 15) is 13.2 Å². The molecule has 0 aliphatic rings. The van der Waals surface area contributed by atoms with Gasteiger partial charge in [-0.2, -0.15) is 13.2 Å². The Morgan fingerprint density at radius 1 is 1.16 bits per heavy atom. The zero-order chi connectivity index (χ0) is 13.9. The van der Waals surface area contributed by atoms with Crippen molar-refractivity contribution in [3.63, 3.8) is 0 Å². The minimum Gasteiger partial charge on any atom is -0.383 e. The molecule has 0 amide bonds. The van der Waals surface area contributed by atoms with Gasteiger partial charge in [0.25, 0.3) is 0 Å². The molecule has 0 aliphatic carbocycles. The third kappa shape index (κ3) is 3.38. The number of rotatable bonds is 4. The Balaban J connectivity index is 2.24. The Kier molecular flexibility index (Phi) is 3.95. The van der Waals surface area contributed by atoms with E-state index in [1.54, 1.807) is 19.2 Å². The minimum atomic E-state index is -4.31. The van der Waals surface area contributed by atoms with E-state index in [1.165, 1.54) is 6.07 Å². The number of benzene rings is 1. The van der Waals surface area contributed by atoms with Crippen LogP contribution in [0.25, 0.3) is 11.1 Å². The molecule has 0 N–H and O–H groups in total. The number of halogens is 3. The monoisotopic (exact) mass is 269 g/mol. The summed E-state index contributed by atoms with van der Waals surface area (Å²) in [5.74, 6) is 0. The summed E-state index contributed by atoms with van der Waals surface area (Å²) in [4.78, 5) is 0. The third-order valence-corrected chi connectivity index (χ3v) is 2.83. The highest BCUT2D eigenvalue weighted by molar-refractivity contribution is 5.63. The van der Waals surface area contributed by atoms with Crippen LogP contribution in [0.2, 0.25) is 0 Å². The standard InChI is InChI=1S/C14H14F3NO/c1-19-8-7-18-6-5-12(10-18)11-3-2-4-13(9-11)14(15,16)17/h2-6,9-10H,7-8H2,1H3. The first-order valence-electron chi connectivity index (χ1n) is 5.83. The van der Waals surface area contributed by atoms with Gasteiger partial charge in [0.05, 0.1) is 12.2 Å². The van der Waals surface area contributed by atoms with Crippen molar-refractivity contribution in [1.29, 1.82) is 0 Å². The van der Waals surface area contributed by atoms with Crippen LogP contribution < -0.4 is 0 Å². The molecule has 0 unspecified atom stereocenters. The number of hydrogen-bond acceptors (Lipinski definition) is 1. The first kappa shape index (κ1) is 13.7. The van der Waals surface area contributed by atoms with Crippen LogP contribution in [0.1, 0.15) is 5.56 Å². The van der Waals surface area contributed by atoms with Crippen LogP contribution in [-0.2, 0) is 17.5 Å². The molecule has 5 heteroatoms. The van der Waals surface area contributed by atoms with Gasteiger partial charge < -0.3 is 9.30 Å². The number of ether oxygens (including phenoxy) is 1. The van der Waals surface area contributed by atoms with E-state index in [2.05, 4.69) is 0 Å². The SMILES string of the molecule is COCCn1ccc(-c2cccc(C(F)(F)F)c2)c1. The molecule has 1 aromatic heterocycles. The number of aromatic nitrogens is 1. The summed E-state index contributed by atoms with van der Waals surface area (Å²) in [6.45, 7) is 1.24. The van der Waals surface area contributed by atoms with Crippen molar-refractivity contribution in [2.24, 2.45) is 0 Å². The topological polar surface area (TPSA) is 14.2 Å². The normalized spacial score (nSPS) is 11.8. The van der Waals surface area contributed by atoms with Gasteiger partial charge in [-0.1, -0.05) is 12.1 Å². The van der Waals surface area contributed by atoms with E-state index < -0.39 is 11.7 Å². The number of alkyl halides is 3. The fraction of sp³-hybridized carbons (Fsp3) is 0.286. The molecule has 102 valence electrons. The molecule has 2 rings (SSSR count). The predicted octanol–water partition coefficient (Wildman–Crippen LogP) is 3.82. The van der Waals surface area contributed by atoms with E-state index in [0.29, 0.717) is 18.7 Å². The Bertz CT molecular complexity index is 546. The summed E-state index contributed by atoms with van der Waals surface area (Å²) >= 11 is 0. The number of nitrogens with zero attached hydrogens (tertiary/aromatic N) is 1. The predicted molar refractivity (Wildman–Crippen MR) is 66.7 cm³/mol. The highest BCUT2D eigenvalue weighted by Crippen LogP contribution is 2.32. The van der Waals surface area contributed by atoms with Gasteiger partial charge in [0.15, 0.2) is 0 Å². The Morgan fingerprint density at radius 3 is 2.63 bits per heavy atom. The van der Waals surface area contributed by atoms with Crippen LogP contribution >= 0.6 is 0 Å². The fourth-order valence-corrected chi connectivity index (χ4v) is 1.82. The van der Waals surface area contributed by atoms with Gasteiger partial charge in [-0.25, -0.2) is 0 Å². The van der Waals surface area contributed by atoms with Gasteiger partial charge >= 0.3 is 6.18 Å². The van der Waals surface area contributed by atoms with E-state index in [4.69, 9.17) is 4.74 Å². The second-order valence-electron chi connectivity index (χ2n) is 4.21. The lowest BCUT2D eigenvalue weighted by atomic mass is 10.1. The maximum Gasteiger partial charge on any atom is 0.416 e. The Labute approximate surface area is 109 Å². The molecule has 0 bridgehead atoms. The minimum absolute atomic E-state index is 0.561. The zero-order valence-corrected chi connectivity index (χ0v) is 10.4. The molecular formula is C14H14F3NO. The molecule has 0 atom stereocenters. The Morgan fingerprint density at radius 2 is 1.95 bits per heavy atom. The van der Waals surface area contributed by atoms with Crippen LogP contribution in [0, 0.1) is 0 Å². The molecule has 0 radical (unpaired) electrons. The second-order valence-corrected chi connectivity index (χ2v) is 4.21. The Hall–Kier alpha value is -1.75. The highest BCUT2D eigenvalue weighted by Gasteiger charge is 2.30.